The number of fused-ring (bicyclic) bond motifs is 2. The highest BCUT2D eigenvalue weighted by Gasteiger charge is 2.34. The Morgan fingerprint density at radius 2 is 1.94 bits per heavy atom. The monoisotopic (exact) mass is 472 g/mol. The van der Waals surface area contributed by atoms with Crippen LogP contribution in [0.4, 0.5) is 0 Å². The molecule has 3 heterocycles. The molecule has 1 amide bonds. The Morgan fingerprint density at radius 3 is 2.71 bits per heavy atom. The summed E-state index contributed by atoms with van der Waals surface area (Å²) in [6.45, 7) is 3.84. The first-order valence-electron chi connectivity index (χ1n) is 12.2. The van der Waals surface area contributed by atoms with E-state index in [9.17, 15) is 9.59 Å². The minimum atomic E-state index is -0.371. The maximum absolute atomic E-state index is 13.4. The Balaban J connectivity index is 1.56. The van der Waals surface area contributed by atoms with Gasteiger partial charge in [0.15, 0.2) is 11.5 Å². The van der Waals surface area contributed by atoms with Gasteiger partial charge >= 0.3 is 0 Å². The Labute approximate surface area is 200 Å². The van der Waals surface area contributed by atoms with Gasteiger partial charge in [0.05, 0.1) is 32.4 Å². The van der Waals surface area contributed by atoms with Gasteiger partial charge in [0.25, 0.3) is 5.56 Å². The van der Waals surface area contributed by atoms with E-state index in [0.29, 0.717) is 53.9 Å². The van der Waals surface area contributed by atoms with E-state index in [0.717, 1.165) is 19.5 Å². The van der Waals surface area contributed by atoms with Crippen LogP contribution in [0.2, 0.25) is 0 Å². The van der Waals surface area contributed by atoms with Gasteiger partial charge in [-0.15, -0.1) is 0 Å². The third-order valence-corrected chi connectivity index (χ3v) is 7.25. The zero-order valence-electron chi connectivity index (χ0n) is 20.5. The van der Waals surface area contributed by atoms with Gasteiger partial charge in [-0.2, -0.15) is 5.10 Å². The molecular weight excluding hydrogens is 436 g/mol. The van der Waals surface area contributed by atoms with Crippen LogP contribution >= 0.6 is 0 Å². The fourth-order valence-corrected chi connectivity index (χ4v) is 5.52. The number of amides is 1. The second-order valence-corrected chi connectivity index (χ2v) is 9.21. The Bertz CT molecular complexity index is 1050. The molecule has 1 aromatic carbocycles. The number of ether oxygens (including phenoxy) is 3. The number of benzene rings is 1. The summed E-state index contributed by atoms with van der Waals surface area (Å²) in [5.41, 5.74) is -0.371. The third-order valence-electron chi connectivity index (χ3n) is 7.25. The smallest absolute Gasteiger partial charge is 0.279 e. The predicted octanol–water partition coefficient (Wildman–Crippen LogP) is 2.15. The molecule has 1 aromatic heterocycles. The third kappa shape index (κ3) is 5.05. The lowest BCUT2D eigenvalue weighted by molar-refractivity contribution is -0.134. The molecule has 2 saturated heterocycles. The number of aromatic nitrogens is 2. The van der Waals surface area contributed by atoms with E-state index in [2.05, 4.69) is 10.00 Å². The van der Waals surface area contributed by atoms with Crippen molar-refractivity contribution in [1.82, 2.24) is 19.6 Å². The molecule has 0 bridgehead atoms. The lowest BCUT2D eigenvalue weighted by atomic mass is 9.83. The first-order chi connectivity index (χ1) is 16.6. The van der Waals surface area contributed by atoms with Gasteiger partial charge in [0, 0.05) is 31.6 Å². The first kappa shape index (κ1) is 24.5. The minimum Gasteiger partial charge on any atom is -0.493 e. The second-order valence-electron chi connectivity index (χ2n) is 9.21. The quantitative estimate of drug-likeness (QED) is 0.553. The number of rotatable bonds is 9. The molecule has 2 aliphatic heterocycles. The van der Waals surface area contributed by atoms with Crippen LogP contribution < -0.4 is 15.0 Å². The van der Waals surface area contributed by atoms with E-state index in [4.69, 9.17) is 14.2 Å². The molecule has 9 nitrogen and oxygen atoms in total. The number of hydrogen-bond acceptors (Lipinski definition) is 7. The maximum Gasteiger partial charge on any atom is 0.279 e. The molecule has 4 rings (SSSR count). The molecule has 0 aliphatic carbocycles. The molecule has 2 fully saturated rings. The number of carbonyl (C=O) groups is 1. The first-order valence-corrected chi connectivity index (χ1v) is 12.2. The Morgan fingerprint density at radius 1 is 1.12 bits per heavy atom. The van der Waals surface area contributed by atoms with Crippen molar-refractivity contribution in [2.75, 3.05) is 54.1 Å². The van der Waals surface area contributed by atoms with Crippen LogP contribution in [-0.4, -0.2) is 85.6 Å². The second kappa shape index (κ2) is 11.2. The topological polar surface area (TPSA) is 86.1 Å². The summed E-state index contributed by atoms with van der Waals surface area (Å²) >= 11 is 0. The lowest BCUT2D eigenvalue weighted by Crippen LogP contribution is -2.52. The van der Waals surface area contributed by atoms with Crippen LogP contribution in [0.15, 0.2) is 23.1 Å². The summed E-state index contributed by atoms with van der Waals surface area (Å²) in [6, 6.07) is 4.04. The van der Waals surface area contributed by atoms with Crippen molar-refractivity contribution in [1.29, 1.82) is 0 Å². The van der Waals surface area contributed by atoms with Gasteiger partial charge in [-0.1, -0.05) is 6.42 Å². The molecule has 0 saturated carbocycles. The normalized spacial score (nSPS) is 20.7. The van der Waals surface area contributed by atoms with E-state index >= 15 is 0 Å². The van der Waals surface area contributed by atoms with E-state index < -0.39 is 0 Å². The fraction of sp³-hybridized carbons (Fsp3) is 0.640. The molecule has 34 heavy (non-hydrogen) atoms. The summed E-state index contributed by atoms with van der Waals surface area (Å²) in [5, 5.41) is 5.27. The average molecular weight is 473 g/mol. The summed E-state index contributed by atoms with van der Waals surface area (Å²) in [5.74, 6) is 1.14. The van der Waals surface area contributed by atoms with Crippen LogP contribution in [-0.2, 0) is 16.1 Å². The zero-order valence-corrected chi connectivity index (χ0v) is 20.5. The lowest BCUT2D eigenvalue weighted by Gasteiger charge is -2.45. The number of carbonyl (C=O) groups excluding carboxylic acids is 1. The predicted molar refractivity (Wildman–Crippen MR) is 129 cm³/mol. The van der Waals surface area contributed by atoms with Crippen molar-refractivity contribution >= 4 is 16.7 Å². The van der Waals surface area contributed by atoms with Crippen LogP contribution in [0.3, 0.4) is 0 Å². The zero-order chi connectivity index (χ0) is 24.1. The highest BCUT2D eigenvalue weighted by atomic mass is 16.5. The maximum atomic E-state index is 13.4. The SMILES string of the molecule is COCCN(C[C@@H]1CCCN2CCCC[C@H]12)C(=O)Cn1ncc2ccc(OC)c(OC)c2c1=O. The van der Waals surface area contributed by atoms with Crippen molar-refractivity contribution in [2.45, 2.75) is 44.7 Å². The van der Waals surface area contributed by atoms with Gasteiger partial charge < -0.3 is 24.0 Å². The molecule has 9 heteroatoms. The van der Waals surface area contributed by atoms with E-state index in [1.165, 1.54) is 44.6 Å². The summed E-state index contributed by atoms with van der Waals surface area (Å²) < 4.78 is 17.3. The molecule has 0 radical (unpaired) electrons. The highest BCUT2D eigenvalue weighted by Crippen LogP contribution is 2.33. The van der Waals surface area contributed by atoms with Gasteiger partial charge in [-0.25, -0.2) is 4.68 Å². The van der Waals surface area contributed by atoms with Crippen molar-refractivity contribution in [3.8, 4) is 11.5 Å². The summed E-state index contributed by atoms with van der Waals surface area (Å²) in [4.78, 5) is 31.2. The van der Waals surface area contributed by atoms with Crippen molar-refractivity contribution < 1.29 is 19.0 Å². The standard InChI is InChI=1S/C25H36N4O5/c1-32-14-13-28(16-19-7-6-12-27-11-5-4-8-20(19)27)22(30)17-29-25(31)23-18(15-26-29)9-10-21(33-2)24(23)34-3/h9-10,15,19-20H,4-8,11-14,16-17H2,1-3H3/t19-,20+/m0/s1. The van der Waals surface area contributed by atoms with E-state index in [1.807, 2.05) is 4.90 Å². The molecule has 2 atom stereocenters. The average Bonchev–Trinajstić information content (AvgIpc) is 2.87. The number of nitrogens with zero attached hydrogens (tertiary/aromatic N) is 4. The van der Waals surface area contributed by atoms with Crippen LogP contribution in [0.5, 0.6) is 11.5 Å². The van der Waals surface area contributed by atoms with Gasteiger partial charge in [-0.3, -0.25) is 9.59 Å². The van der Waals surface area contributed by atoms with Gasteiger partial charge in [-0.05, 0) is 56.8 Å². The highest BCUT2D eigenvalue weighted by molar-refractivity contribution is 5.89. The van der Waals surface area contributed by atoms with E-state index in [1.54, 1.807) is 25.4 Å². The van der Waals surface area contributed by atoms with Crippen LogP contribution in [0.25, 0.3) is 10.8 Å². The van der Waals surface area contributed by atoms with Gasteiger partial charge in [0.1, 0.15) is 6.54 Å². The number of hydrogen-bond donors (Lipinski definition) is 0. The summed E-state index contributed by atoms with van der Waals surface area (Å²) in [6.07, 6.45) is 7.60. The number of piperidine rings is 2. The van der Waals surface area contributed by atoms with Crippen molar-refractivity contribution in [2.24, 2.45) is 5.92 Å². The molecule has 186 valence electrons. The van der Waals surface area contributed by atoms with Crippen molar-refractivity contribution in [3.63, 3.8) is 0 Å². The van der Waals surface area contributed by atoms with E-state index in [-0.39, 0.29) is 18.0 Å². The molecule has 0 spiro atoms. The fourth-order valence-electron chi connectivity index (χ4n) is 5.52. The molecule has 2 aromatic rings. The molecule has 2 aliphatic rings. The minimum absolute atomic E-state index is 0.124. The molecule has 0 N–H and O–H groups in total. The Kier molecular flexibility index (Phi) is 8.05. The van der Waals surface area contributed by atoms with Crippen LogP contribution in [0, 0.1) is 5.92 Å². The van der Waals surface area contributed by atoms with Crippen LogP contribution in [0.1, 0.15) is 32.1 Å². The largest absolute Gasteiger partial charge is 0.493 e. The Hall–Kier alpha value is -2.65. The summed E-state index contributed by atoms with van der Waals surface area (Å²) in [7, 11) is 4.67. The van der Waals surface area contributed by atoms with Crippen molar-refractivity contribution in [3.05, 3.63) is 28.7 Å². The number of methoxy groups -OCH3 is 3. The molecule has 0 unspecified atom stereocenters. The molecular formula is C25H36N4O5. The van der Waals surface area contributed by atoms with Gasteiger partial charge in [0.2, 0.25) is 5.91 Å².